The fraction of sp³-hybridized carbons (Fsp3) is 0.571. The number of rotatable bonds is 6. The molecule has 0 aromatic carbocycles. The molecule has 2 heterocycles. The molecule has 0 unspecified atom stereocenters. The molecule has 2 aromatic rings. The average molecular weight is 308 g/mol. The van der Waals surface area contributed by atoms with E-state index in [1.54, 1.807) is 6.07 Å². The molecule has 0 amide bonds. The van der Waals surface area contributed by atoms with Crippen LogP contribution in [0, 0.1) is 0 Å². The molecule has 21 heavy (non-hydrogen) atoms. The predicted molar refractivity (Wildman–Crippen MR) is 81.5 cm³/mol. The van der Waals surface area contributed by atoms with Gasteiger partial charge >= 0.3 is 0 Å². The number of hydrogen-bond acceptors (Lipinski definition) is 6. The van der Waals surface area contributed by atoms with E-state index in [4.69, 9.17) is 4.52 Å². The van der Waals surface area contributed by atoms with E-state index in [1.165, 1.54) is 11.8 Å². The van der Waals surface area contributed by atoms with Crippen molar-refractivity contribution >= 4 is 11.8 Å². The summed E-state index contributed by atoms with van der Waals surface area (Å²) >= 11 is 1.41. The first-order chi connectivity index (χ1) is 9.99. The van der Waals surface area contributed by atoms with Crippen molar-refractivity contribution in [2.45, 2.75) is 56.9 Å². The van der Waals surface area contributed by atoms with Gasteiger partial charge < -0.3 is 9.51 Å². The first-order valence-electron chi connectivity index (χ1n) is 7.10. The summed E-state index contributed by atoms with van der Waals surface area (Å²) in [7, 11) is 0. The van der Waals surface area contributed by atoms with E-state index in [2.05, 4.69) is 27.0 Å². The molecule has 114 valence electrons. The van der Waals surface area contributed by atoms with Crippen molar-refractivity contribution in [3.05, 3.63) is 33.8 Å². The summed E-state index contributed by atoms with van der Waals surface area (Å²) in [6, 6.07) is 1.54. The largest absolute Gasteiger partial charge is 0.338 e. The molecule has 0 aliphatic rings. The number of aromatic nitrogens is 4. The van der Waals surface area contributed by atoms with Gasteiger partial charge in [-0.15, -0.1) is 0 Å². The normalized spacial score (nSPS) is 12.8. The van der Waals surface area contributed by atoms with Crippen molar-refractivity contribution in [2.75, 3.05) is 0 Å². The molecule has 7 heteroatoms. The molecule has 0 spiro atoms. The van der Waals surface area contributed by atoms with Gasteiger partial charge in [-0.1, -0.05) is 44.1 Å². The van der Waals surface area contributed by atoms with Crippen LogP contribution in [0.5, 0.6) is 0 Å². The van der Waals surface area contributed by atoms with E-state index in [-0.39, 0.29) is 16.7 Å². The Morgan fingerprint density at radius 1 is 1.33 bits per heavy atom. The second kappa shape index (κ2) is 6.89. The highest BCUT2D eigenvalue weighted by atomic mass is 32.2. The van der Waals surface area contributed by atoms with E-state index >= 15 is 0 Å². The summed E-state index contributed by atoms with van der Waals surface area (Å²) in [6.45, 7) is 8.04. The molecule has 0 bridgehead atoms. The van der Waals surface area contributed by atoms with Crippen molar-refractivity contribution in [1.82, 2.24) is 20.1 Å². The summed E-state index contributed by atoms with van der Waals surface area (Å²) in [5.41, 5.74) is 0.681. The van der Waals surface area contributed by atoms with E-state index in [9.17, 15) is 4.79 Å². The molecular formula is C14H20N4O2S. The maximum absolute atomic E-state index is 11.6. The van der Waals surface area contributed by atoms with Crippen LogP contribution < -0.4 is 5.56 Å². The molecule has 0 aliphatic heterocycles. The number of aryl methyl sites for hydroxylation is 1. The minimum Gasteiger partial charge on any atom is -0.338 e. The molecule has 0 fully saturated rings. The zero-order valence-corrected chi connectivity index (χ0v) is 13.5. The fourth-order valence-corrected chi connectivity index (χ4v) is 2.65. The van der Waals surface area contributed by atoms with Crippen molar-refractivity contribution in [1.29, 1.82) is 0 Å². The van der Waals surface area contributed by atoms with Gasteiger partial charge in [0.2, 0.25) is 5.89 Å². The van der Waals surface area contributed by atoms with Gasteiger partial charge in [-0.05, 0) is 13.3 Å². The molecule has 1 N–H and O–H groups in total. The molecular weight excluding hydrogens is 288 g/mol. The lowest BCUT2D eigenvalue weighted by molar-refractivity contribution is 0.373. The number of aromatic amines is 1. The fourth-order valence-electron chi connectivity index (χ4n) is 1.79. The minimum absolute atomic E-state index is 0.0648. The molecule has 0 radical (unpaired) electrons. The Morgan fingerprint density at radius 2 is 2.10 bits per heavy atom. The van der Waals surface area contributed by atoms with Crippen molar-refractivity contribution < 1.29 is 4.52 Å². The summed E-state index contributed by atoms with van der Waals surface area (Å²) in [5.74, 6) is 1.47. The van der Waals surface area contributed by atoms with Crippen LogP contribution in [0.15, 0.2) is 20.5 Å². The topological polar surface area (TPSA) is 84.7 Å². The monoisotopic (exact) mass is 308 g/mol. The van der Waals surface area contributed by atoms with Gasteiger partial charge in [0.1, 0.15) is 0 Å². The molecule has 0 aliphatic carbocycles. The highest BCUT2D eigenvalue weighted by Gasteiger charge is 2.18. The number of thioether (sulfide) groups is 1. The van der Waals surface area contributed by atoms with Crippen LogP contribution in [0.25, 0.3) is 0 Å². The van der Waals surface area contributed by atoms with Crippen molar-refractivity contribution in [3.8, 4) is 0 Å². The lowest BCUT2D eigenvalue weighted by atomic mass is 10.2. The predicted octanol–water partition coefficient (Wildman–Crippen LogP) is 3.08. The van der Waals surface area contributed by atoms with Gasteiger partial charge in [0, 0.05) is 17.7 Å². The van der Waals surface area contributed by atoms with Gasteiger partial charge in [-0.3, -0.25) is 4.79 Å². The van der Waals surface area contributed by atoms with Crippen LogP contribution in [0.4, 0.5) is 0 Å². The molecule has 0 saturated carbocycles. The standard InChI is InChI=1S/C14H20N4O2S/c1-5-6-10-7-11(19)16-14(15-10)21-9(4)13-17-12(8(2)3)18-20-13/h7-9H,5-6H2,1-4H3,(H,15,16,19)/t9-/m1/s1. The number of nitrogens with zero attached hydrogens (tertiary/aromatic N) is 3. The Bertz CT molecular complexity index is 650. The van der Waals surface area contributed by atoms with Gasteiger partial charge in [-0.25, -0.2) is 4.98 Å². The SMILES string of the molecule is CCCc1cc(=O)[nH]c(S[C@H](C)c2nc(C(C)C)no2)n1. The quantitative estimate of drug-likeness (QED) is 0.652. The Labute approximate surface area is 127 Å². The summed E-state index contributed by atoms with van der Waals surface area (Å²) in [5, 5.41) is 4.47. The van der Waals surface area contributed by atoms with Gasteiger partial charge in [-0.2, -0.15) is 4.98 Å². The lowest BCUT2D eigenvalue weighted by Crippen LogP contribution is -2.10. The van der Waals surface area contributed by atoms with E-state index < -0.39 is 0 Å². The van der Waals surface area contributed by atoms with Crippen LogP contribution in [0.3, 0.4) is 0 Å². The summed E-state index contributed by atoms with van der Waals surface area (Å²) in [6.07, 6.45) is 1.75. The van der Waals surface area contributed by atoms with Crippen LogP contribution in [-0.4, -0.2) is 20.1 Å². The first kappa shape index (κ1) is 15.8. The second-order valence-electron chi connectivity index (χ2n) is 5.20. The maximum atomic E-state index is 11.6. The third kappa shape index (κ3) is 4.17. The highest BCUT2D eigenvalue weighted by molar-refractivity contribution is 7.99. The van der Waals surface area contributed by atoms with E-state index in [0.29, 0.717) is 16.9 Å². The van der Waals surface area contributed by atoms with Crippen LogP contribution in [0.1, 0.15) is 62.7 Å². The maximum Gasteiger partial charge on any atom is 0.251 e. The van der Waals surface area contributed by atoms with Crippen LogP contribution >= 0.6 is 11.8 Å². The average Bonchev–Trinajstić information content (AvgIpc) is 2.88. The third-order valence-electron chi connectivity index (χ3n) is 2.89. The summed E-state index contributed by atoms with van der Waals surface area (Å²) < 4.78 is 5.27. The zero-order valence-electron chi connectivity index (χ0n) is 12.7. The third-order valence-corrected chi connectivity index (χ3v) is 3.86. The molecule has 1 atom stereocenters. The van der Waals surface area contributed by atoms with Crippen molar-refractivity contribution in [2.24, 2.45) is 0 Å². The van der Waals surface area contributed by atoms with Gasteiger partial charge in [0.25, 0.3) is 5.56 Å². The first-order valence-corrected chi connectivity index (χ1v) is 7.98. The minimum atomic E-state index is -0.128. The highest BCUT2D eigenvalue weighted by Crippen LogP contribution is 2.31. The number of nitrogens with one attached hydrogen (secondary N) is 1. The Hall–Kier alpha value is -1.63. The number of hydrogen-bond donors (Lipinski definition) is 1. The number of H-pyrrole nitrogens is 1. The van der Waals surface area contributed by atoms with E-state index in [0.717, 1.165) is 18.5 Å². The van der Waals surface area contributed by atoms with Gasteiger partial charge in [0.05, 0.1) is 5.25 Å². The van der Waals surface area contributed by atoms with Crippen LogP contribution in [-0.2, 0) is 6.42 Å². The van der Waals surface area contributed by atoms with Crippen molar-refractivity contribution in [3.63, 3.8) is 0 Å². The Morgan fingerprint density at radius 3 is 2.71 bits per heavy atom. The Kier molecular flexibility index (Phi) is 5.17. The molecule has 6 nitrogen and oxygen atoms in total. The second-order valence-corrected chi connectivity index (χ2v) is 6.53. The van der Waals surface area contributed by atoms with Gasteiger partial charge in [0.15, 0.2) is 11.0 Å². The Balaban J connectivity index is 2.14. The molecule has 2 rings (SSSR count). The molecule has 2 aromatic heterocycles. The lowest BCUT2D eigenvalue weighted by Gasteiger charge is -2.06. The van der Waals surface area contributed by atoms with Crippen LogP contribution in [0.2, 0.25) is 0 Å². The van der Waals surface area contributed by atoms with E-state index in [1.807, 2.05) is 20.8 Å². The zero-order chi connectivity index (χ0) is 15.4. The smallest absolute Gasteiger partial charge is 0.251 e. The summed E-state index contributed by atoms with van der Waals surface area (Å²) in [4.78, 5) is 23.2. The molecule has 0 saturated heterocycles.